The fraction of sp³-hybridized carbons (Fsp3) is 0.333. The van der Waals surface area contributed by atoms with E-state index >= 15 is 0 Å². The van der Waals surface area contributed by atoms with Gasteiger partial charge in [-0.1, -0.05) is 29.8 Å². The van der Waals surface area contributed by atoms with E-state index in [1.807, 2.05) is 48.7 Å². The smallest absolute Gasteiger partial charge is 0.181 e. The van der Waals surface area contributed by atoms with Gasteiger partial charge in [0.05, 0.1) is 23.0 Å². The molecular weight excluding hydrogens is 404 g/mol. The molecule has 0 spiro atoms. The first kappa shape index (κ1) is 18.2. The summed E-state index contributed by atoms with van der Waals surface area (Å²) in [6, 6.07) is 7.68. The number of anilines is 1. The van der Waals surface area contributed by atoms with Gasteiger partial charge in [-0.15, -0.1) is 0 Å². The number of nitrogens with one attached hydrogen (secondary N) is 1. The molecule has 0 aliphatic carbocycles. The van der Waals surface area contributed by atoms with Crippen molar-refractivity contribution < 1.29 is 4.74 Å². The van der Waals surface area contributed by atoms with Gasteiger partial charge in [0.2, 0.25) is 0 Å². The van der Waals surface area contributed by atoms with Crippen molar-refractivity contribution in [3.05, 3.63) is 46.3 Å². The van der Waals surface area contributed by atoms with Crippen LogP contribution in [0.3, 0.4) is 0 Å². The van der Waals surface area contributed by atoms with E-state index in [1.165, 1.54) is 0 Å². The first-order chi connectivity index (χ1) is 12.1. The molecule has 0 aliphatic rings. The Morgan fingerprint density at radius 1 is 1.32 bits per heavy atom. The zero-order chi connectivity index (χ0) is 17.8. The SMILES string of the molecule is CC(C)OCCCNc1nc(-c2ccccc2Cl)cn2c(Br)cnc12. The van der Waals surface area contributed by atoms with Gasteiger partial charge in [0.15, 0.2) is 11.5 Å². The van der Waals surface area contributed by atoms with Gasteiger partial charge in [0.1, 0.15) is 4.60 Å². The predicted molar refractivity (Wildman–Crippen MR) is 105 cm³/mol. The van der Waals surface area contributed by atoms with Crippen molar-refractivity contribution in [2.45, 2.75) is 26.4 Å². The molecule has 3 rings (SSSR count). The molecular formula is C18H20BrClN4O. The van der Waals surface area contributed by atoms with Gasteiger partial charge in [-0.2, -0.15) is 0 Å². The second kappa shape index (κ2) is 8.17. The summed E-state index contributed by atoms with van der Waals surface area (Å²) in [5.41, 5.74) is 2.45. The molecule has 0 fully saturated rings. The zero-order valence-corrected chi connectivity index (χ0v) is 16.5. The lowest BCUT2D eigenvalue weighted by molar-refractivity contribution is 0.0787. The summed E-state index contributed by atoms with van der Waals surface area (Å²) < 4.78 is 8.40. The van der Waals surface area contributed by atoms with Crippen molar-refractivity contribution in [3.63, 3.8) is 0 Å². The van der Waals surface area contributed by atoms with E-state index < -0.39 is 0 Å². The van der Waals surface area contributed by atoms with Crippen LogP contribution in [-0.4, -0.2) is 33.6 Å². The first-order valence-electron chi connectivity index (χ1n) is 8.20. The first-order valence-corrected chi connectivity index (χ1v) is 9.37. The maximum absolute atomic E-state index is 6.34. The second-order valence-electron chi connectivity index (χ2n) is 5.93. The molecule has 2 heterocycles. The highest BCUT2D eigenvalue weighted by molar-refractivity contribution is 9.10. The second-order valence-corrected chi connectivity index (χ2v) is 7.15. The molecule has 7 heteroatoms. The Morgan fingerprint density at radius 3 is 2.88 bits per heavy atom. The molecule has 2 aromatic heterocycles. The van der Waals surface area contributed by atoms with Crippen molar-refractivity contribution in [1.82, 2.24) is 14.4 Å². The van der Waals surface area contributed by atoms with Crippen molar-refractivity contribution in [2.24, 2.45) is 0 Å². The molecule has 0 radical (unpaired) electrons. The Balaban J connectivity index is 1.88. The summed E-state index contributed by atoms with van der Waals surface area (Å²) in [5.74, 6) is 0.729. The van der Waals surface area contributed by atoms with Crippen LogP contribution >= 0.6 is 27.5 Å². The molecule has 25 heavy (non-hydrogen) atoms. The molecule has 3 aromatic rings. The van der Waals surface area contributed by atoms with Crippen molar-refractivity contribution >= 4 is 39.0 Å². The molecule has 0 saturated carbocycles. The lowest BCUT2D eigenvalue weighted by Gasteiger charge is -2.12. The van der Waals surface area contributed by atoms with Gasteiger partial charge in [-0.3, -0.25) is 4.40 Å². The van der Waals surface area contributed by atoms with Gasteiger partial charge in [0, 0.05) is 24.9 Å². The minimum Gasteiger partial charge on any atom is -0.379 e. The monoisotopic (exact) mass is 422 g/mol. The number of hydrogen-bond acceptors (Lipinski definition) is 4. The van der Waals surface area contributed by atoms with Crippen LogP contribution in [0.1, 0.15) is 20.3 Å². The summed E-state index contributed by atoms with van der Waals surface area (Å²) in [6.07, 6.45) is 4.84. The molecule has 0 unspecified atom stereocenters. The quantitative estimate of drug-likeness (QED) is 0.541. The van der Waals surface area contributed by atoms with Crippen molar-refractivity contribution in [1.29, 1.82) is 0 Å². The summed E-state index contributed by atoms with van der Waals surface area (Å²) in [4.78, 5) is 9.17. The zero-order valence-electron chi connectivity index (χ0n) is 14.2. The number of nitrogens with zero attached hydrogens (tertiary/aromatic N) is 3. The maximum atomic E-state index is 6.34. The van der Waals surface area contributed by atoms with Crippen LogP contribution in [0.15, 0.2) is 41.3 Å². The Morgan fingerprint density at radius 2 is 2.12 bits per heavy atom. The average molecular weight is 424 g/mol. The number of ether oxygens (including phenoxy) is 1. The van der Waals surface area contributed by atoms with E-state index in [2.05, 4.69) is 26.2 Å². The standard InChI is InChI=1S/C18H20BrClN4O/c1-12(2)25-9-5-8-21-17-18-22-10-16(19)24(18)11-15(23-17)13-6-3-4-7-14(13)20/h3-4,6-7,10-12H,5,8-9H2,1-2H3,(H,21,23). The number of hydrogen-bond donors (Lipinski definition) is 1. The van der Waals surface area contributed by atoms with Gasteiger partial charge in [-0.05, 0) is 42.3 Å². The molecule has 1 aromatic carbocycles. The van der Waals surface area contributed by atoms with Gasteiger partial charge in [0.25, 0.3) is 0 Å². The van der Waals surface area contributed by atoms with Crippen LogP contribution in [0.4, 0.5) is 5.82 Å². The molecule has 5 nitrogen and oxygen atoms in total. The van der Waals surface area contributed by atoms with Crippen LogP contribution in [0.2, 0.25) is 5.02 Å². The molecule has 1 N–H and O–H groups in total. The molecule has 0 saturated heterocycles. The van der Waals surface area contributed by atoms with E-state index in [0.29, 0.717) is 11.6 Å². The van der Waals surface area contributed by atoms with E-state index in [9.17, 15) is 0 Å². The lowest BCUT2D eigenvalue weighted by Crippen LogP contribution is -2.11. The third kappa shape index (κ3) is 4.32. The largest absolute Gasteiger partial charge is 0.379 e. The Bertz CT molecular complexity index is 865. The molecule has 0 aliphatic heterocycles. The molecule has 0 atom stereocenters. The lowest BCUT2D eigenvalue weighted by atomic mass is 10.1. The Kier molecular flexibility index (Phi) is 5.93. The topological polar surface area (TPSA) is 51.5 Å². The summed E-state index contributed by atoms with van der Waals surface area (Å²) in [7, 11) is 0. The van der Waals surface area contributed by atoms with Crippen LogP contribution in [0, 0.1) is 0 Å². The summed E-state index contributed by atoms with van der Waals surface area (Å²) in [5, 5.41) is 4.03. The van der Waals surface area contributed by atoms with Gasteiger partial charge < -0.3 is 10.1 Å². The van der Waals surface area contributed by atoms with Gasteiger partial charge >= 0.3 is 0 Å². The third-order valence-electron chi connectivity index (χ3n) is 3.66. The van der Waals surface area contributed by atoms with E-state index in [0.717, 1.165) is 40.3 Å². The highest BCUT2D eigenvalue weighted by Crippen LogP contribution is 2.29. The number of benzene rings is 1. The molecule has 132 valence electrons. The number of imidazole rings is 1. The van der Waals surface area contributed by atoms with Crippen LogP contribution in [0.5, 0.6) is 0 Å². The summed E-state index contributed by atoms with van der Waals surface area (Å²) in [6.45, 7) is 5.54. The number of halogens is 2. The predicted octanol–water partition coefficient (Wildman–Crippen LogP) is 5.04. The fourth-order valence-electron chi connectivity index (χ4n) is 2.47. The number of fused-ring (bicyclic) bond motifs is 1. The van der Waals surface area contributed by atoms with E-state index in [4.69, 9.17) is 21.3 Å². The van der Waals surface area contributed by atoms with Crippen molar-refractivity contribution in [3.8, 4) is 11.3 Å². The maximum Gasteiger partial charge on any atom is 0.181 e. The van der Waals surface area contributed by atoms with E-state index in [-0.39, 0.29) is 6.10 Å². The number of rotatable bonds is 7. The normalized spacial score (nSPS) is 11.4. The average Bonchev–Trinajstić information content (AvgIpc) is 2.96. The minimum absolute atomic E-state index is 0.247. The van der Waals surface area contributed by atoms with Crippen LogP contribution in [0.25, 0.3) is 16.9 Å². The minimum atomic E-state index is 0.247. The Hall–Kier alpha value is -1.63. The van der Waals surface area contributed by atoms with E-state index in [1.54, 1.807) is 6.20 Å². The Labute approximate surface area is 160 Å². The molecule has 0 amide bonds. The van der Waals surface area contributed by atoms with Crippen LogP contribution < -0.4 is 5.32 Å². The number of aromatic nitrogens is 3. The highest BCUT2D eigenvalue weighted by atomic mass is 79.9. The molecule has 0 bridgehead atoms. The van der Waals surface area contributed by atoms with Crippen molar-refractivity contribution in [2.75, 3.05) is 18.5 Å². The third-order valence-corrected chi connectivity index (χ3v) is 4.58. The van der Waals surface area contributed by atoms with Crippen LogP contribution in [-0.2, 0) is 4.74 Å². The van der Waals surface area contributed by atoms with Gasteiger partial charge in [-0.25, -0.2) is 9.97 Å². The summed E-state index contributed by atoms with van der Waals surface area (Å²) >= 11 is 9.86. The highest BCUT2D eigenvalue weighted by Gasteiger charge is 2.13. The fourth-order valence-corrected chi connectivity index (χ4v) is 3.08.